The zero-order valence-electron chi connectivity index (χ0n) is 14.7. The fraction of sp³-hybridized carbons (Fsp3) is 0.0952. The van der Waals surface area contributed by atoms with Gasteiger partial charge < -0.3 is 14.6 Å². The average molecular weight is 410 g/mol. The highest BCUT2D eigenvalue weighted by molar-refractivity contribution is 8.26. The second kappa shape index (κ2) is 8.86. The zero-order valence-corrected chi connectivity index (χ0v) is 16.4. The number of benzene rings is 2. The van der Waals surface area contributed by atoms with E-state index in [2.05, 4.69) is 6.58 Å². The van der Waals surface area contributed by atoms with Gasteiger partial charge in [-0.05, 0) is 29.3 Å². The summed E-state index contributed by atoms with van der Waals surface area (Å²) >= 11 is 6.35. The van der Waals surface area contributed by atoms with Gasteiger partial charge in [0.1, 0.15) is 22.7 Å². The van der Waals surface area contributed by atoms with Crippen LogP contribution in [0.2, 0.25) is 0 Å². The molecule has 1 atom stereocenters. The predicted octanol–water partition coefficient (Wildman–Crippen LogP) is 2.94. The van der Waals surface area contributed by atoms with Gasteiger partial charge in [-0.3, -0.25) is 9.69 Å². The van der Waals surface area contributed by atoms with Crippen LogP contribution in [0.5, 0.6) is 5.75 Å². The van der Waals surface area contributed by atoms with Crippen molar-refractivity contribution in [1.29, 1.82) is 0 Å². The van der Waals surface area contributed by atoms with Gasteiger partial charge in [-0.15, -0.1) is 0 Å². The quantitative estimate of drug-likeness (QED) is 0.397. The van der Waals surface area contributed by atoms with Crippen LogP contribution in [0.4, 0.5) is 0 Å². The molecule has 1 fully saturated rings. The van der Waals surface area contributed by atoms with E-state index in [0.29, 0.717) is 22.8 Å². The fourth-order valence-electron chi connectivity index (χ4n) is 2.70. The number of rotatable bonds is 7. The highest BCUT2D eigenvalue weighted by Gasteiger charge is 2.38. The maximum atomic E-state index is 12.9. The molecule has 0 N–H and O–H groups in total. The number of ether oxygens (including phenoxy) is 1. The van der Waals surface area contributed by atoms with Crippen LogP contribution >= 0.6 is 24.0 Å². The van der Waals surface area contributed by atoms with E-state index in [9.17, 15) is 14.7 Å². The van der Waals surface area contributed by atoms with Crippen LogP contribution in [0.25, 0.3) is 6.08 Å². The molecule has 2 aromatic carbocycles. The van der Waals surface area contributed by atoms with Gasteiger partial charge in [0.2, 0.25) is 0 Å². The van der Waals surface area contributed by atoms with Gasteiger partial charge in [0.15, 0.2) is 0 Å². The molecule has 7 heteroatoms. The van der Waals surface area contributed by atoms with Gasteiger partial charge in [-0.25, -0.2) is 0 Å². The monoisotopic (exact) mass is 410 g/mol. The normalized spacial score (nSPS) is 16.3. The van der Waals surface area contributed by atoms with Crippen molar-refractivity contribution in [2.45, 2.75) is 6.04 Å². The Kier molecular flexibility index (Phi) is 6.28. The Morgan fingerprint density at radius 1 is 1.21 bits per heavy atom. The van der Waals surface area contributed by atoms with Gasteiger partial charge in [0.05, 0.1) is 10.9 Å². The molecule has 1 heterocycles. The van der Waals surface area contributed by atoms with Crippen LogP contribution < -0.4 is 9.84 Å². The molecule has 2 aromatic rings. The minimum Gasteiger partial charge on any atom is -0.547 e. The molecule has 0 saturated carbocycles. The average Bonchev–Trinajstić information content (AvgIpc) is 2.96. The first-order chi connectivity index (χ1) is 13.5. The van der Waals surface area contributed by atoms with Gasteiger partial charge in [-0.1, -0.05) is 79.1 Å². The standard InChI is InChI=1S/C21H17NO4S2/c1-2-12-26-16-10-8-14(9-11-16)13-17-19(23)22(21(27)28-17)18(20(24)25)15-6-4-3-5-7-15/h2-11,13,18H,1,12H2,(H,24,25)/p-1/b17-13+/t18-/m1/s1. The number of nitrogens with zero attached hydrogens (tertiary/aromatic N) is 1. The first-order valence-electron chi connectivity index (χ1n) is 8.38. The first kappa shape index (κ1) is 19.9. The smallest absolute Gasteiger partial charge is 0.267 e. The van der Waals surface area contributed by atoms with Gasteiger partial charge in [-0.2, -0.15) is 0 Å². The summed E-state index contributed by atoms with van der Waals surface area (Å²) in [5.41, 5.74) is 1.21. The highest BCUT2D eigenvalue weighted by atomic mass is 32.2. The predicted molar refractivity (Wildman–Crippen MR) is 111 cm³/mol. The summed E-state index contributed by atoms with van der Waals surface area (Å²) < 4.78 is 5.61. The Hall–Kier alpha value is -2.90. The molecule has 5 nitrogen and oxygen atoms in total. The molecule has 142 valence electrons. The lowest BCUT2D eigenvalue weighted by atomic mass is 10.1. The van der Waals surface area contributed by atoms with Crippen molar-refractivity contribution in [2.75, 3.05) is 6.61 Å². The fourth-order valence-corrected chi connectivity index (χ4v) is 4.01. The number of hydrogen-bond donors (Lipinski definition) is 0. The number of carboxylic acids is 1. The van der Waals surface area contributed by atoms with Gasteiger partial charge in [0.25, 0.3) is 5.91 Å². The number of thiocarbonyl (C=S) groups is 1. The number of hydrogen-bond acceptors (Lipinski definition) is 6. The summed E-state index contributed by atoms with van der Waals surface area (Å²) in [6.07, 6.45) is 3.33. The lowest BCUT2D eigenvalue weighted by molar-refractivity contribution is -0.310. The highest BCUT2D eigenvalue weighted by Crippen LogP contribution is 2.38. The third-order valence-electron chi connectivity index (χ3n) is 3.97. The number of aliphatic carboxylic acids is 1. The molecule has 0 aromatic heterocycles. The Bertz CT molecular complexity index is 939. The van der Waals surface area contributed by atoms with Crippen molar-refractivity contribution in [3.8, 4) is 5.75 Å². The summed E-state index contributed by atoms with van der Waals surface area (Å²) in [6, 6.07) is 14.3. The molecule has 1 aliphatic heterocycles. The van der Waals surface area contributed by atoms with Crippen molar-refractivity contribution in [3.05, 3.63) is 83.3 Å². The Morgan fingerprint density at radius 3 is 2.50 bits per heavy atom. The molecule has 1 saturated heterocycles. The third-order valence-corrected chi connectivity index (χ3v) is 5.30. The van der Waals surface area contributed by atoms with E-state index in [1.165, 1.54) is 0 Å². The Labute approximate surface area is 172 Å². The van der Waals surface area contributed by atoms with E-state index in [1.54, 1.807) is 66.7 Å². The largest absolute Gasteiger partial charge is 0.547 e. The molecule has 3 rings (SSSR count). The van der Waals surface area contributed by atoms with Crippen LogP contribution in [0.1, 0.15) is 17.2 Å². The van der Waals surface area contributed by atoms with E-state index >= 15 is 0 Å². The van der Waals surface area contributed by atoms with Crippen LogP contribution in [0.3, 0.4) is 0 Å². The van der Waals surface area contributed by atoms with E-state index in [-0.39, 0.29) is 4.32 Å². The molecule has 0 aliphatic carbocycles. The molecule has 1 aliphatic rings. The number of carbonyl (C=O) groups excluding carboxylic acids is 2. The molecular formula is C21H16NO4S2-. The minimum atomic E-state index is -1.38. The molecule has 28 heavy (non-hydrogen) atoms. The Morgan fingerprint density at radius 2 is 1.89 bits per heavy atom. The van der Waals surface area contributed by atoms with E-state index in [1.807, 2.05) is 0 Å². The molecule has 0 spiro atoms. The Balaban J connectivity index is 1.85. The summed E-state index contributed by atoms with van der Waals surface area (Å²) in [6.45, 7) is 4.00. The van der Waals surface area contributed by atoms with Gasteiger partial charge >= 0.3 is 0 Å². The van der Waals surface area contributed by atoms with Crippen molar-refractivity contribution in [1.82, 2.24) is 4.90 Å². The molecule has 0 unspecified atom stereocenters. The third kappa shape index (κ3) is 4.32. The zero-order chi connectivity index (χ0) is 20.1. The molecule has 0 bridgehead atoms. The van der Waals surface area contributed by atoms with Crippen LogP contribution in [0.15, 0.2) is 72.2 Å². The van der Waals surface area contributed by atoms with Crippen molar-refractivity contribution >= 4 is 46.3 Å². The van der Waals surface area contributed by atoms with E-state index < -0.39 is 17.9 Å². The number of amides is 1. The summed E-state index contributed by atoms with van der Waals surface area (Å²) in [4.78, 5) is 26.1. The number of carboxylic acid groups (broad SMARTS) is 1. The van der Waals surface area contributed by atoms with Crippen LogP contribution in [0, 0.1) is 0 Å². The van der Waals surface area contributed by atoms with Gasteiger partial charge in [0, 0.05) is 0 Å². The maximum Gasteiger partial charge on any atom is 0.267 e. The summed E-state index contributed by atoms with van der Waals surface area (Å²) in [5, 5.41) is 11.8. The van der Waals surface area contributed by atoms with Crippen molar-refractivity contribution < 1.29 is 19.4 Å². The number of carbonyl (C=O) groups is 2. The summed E-state index contributed by atoms with van der Waals surface area (Å²) in [5.74, 6) is -1.15. The van der Waals surface area contributed by atoms with Crippen molar-refractivity contribution in [3.63, 3.8) is 0 Å². The maximum absolute atomic E-state index is 12.9. The molecular weight excluding hydrogens is 394 g/mol. The first-order valence-corrected chi connectivity index (χ1v) is 9.60. The van der Waals surface area contributed by atoms with Crippen LogP contribution in [-0.4, -0.2) is 27.7 Å². The minimum absolute atomic E-state index is 0.181. The molecule has 0 radical (unpaired) electrons. The van der Waals surface area contributed by atoms with Crippen molar-refractivity contribution in [2.24, 2.45) is 0 Å². The summed E-state index contributed by atoms with van der Waals surface area (Å²) in [7, 11) is 0. The van der Waals surface area contributed by atoms with E-state index in [0.717, 1.165) is 22.2 Å². The molecule has 1 amide bonds. The second-order valence-electron chi connectivity index (χ2n) is 5.85. The number of thioether (sulfide) groups is 1. The second-order valence-corrected chi connectivity index (χ2v) is 7.53. The van der Waals surface area contributed by atoms with Crippen LogP contribution in [-0.2, 0) is 9.59 Å². The lowest BCUT2D eigenvalue weighted by Gasteiger charge is -2.27. The topological polar surface area (TPSA) is 69.7 Å². The SMILES string of the molecule is C=CCOc1ccc(/C=C2/SC(=S)N([C@@H](C(=O)[O-])c3ccccc3)C2=O)cc1. The van der Waals surface area contributed by atoms with E-state index in [4.69, 9.17) is 17.0 Å². The lowest BCUT2D eigenvalue weighted by Crippen LogP contribution is -2.43.